The lowest BCUT2D eigenvalue weighted by Gasteiger charge is -1.98. The van der Waals surface area contributed by atoms with Crippen LogP contribution in [0.25, 0.3) is 0 Å². The fraction of sp³-hybridized carbons (Fsp3) is 0.429. The molecule has 0 amide bonds. The van der Waals surface area contributed by atoms with E-state index in [4.69, 9.17) is 10.4 Å². The molecular formula is C7H9NO3. The summed E-state index contributed by atoms with van der Waals surface area (Å²) in [6.45, 7) is 1.50. The van der Waals surface area contributed by atoms with Crippen LogP contribution in [0.15, 0.2) is 11.8 Å². The molecule has 11 heavy (non-hydrogen) atoms. The van der Waals surface area contributed by atoms with E-state index in [-0.39, 0.29) is 24.6 Å². The molecule has 0 rings (SSSR count). The van der Waals surface area contributed by atoms with E-state index in [1.54, 1.807) is 13.0 Å². The van der Waals surface area contributed by atoms with Crippen LogP contribution in [-0.4, -0.2) is 17.7 Å². The number of carbonyl (C=O) groups is 1. The van der Waals surface area contributed by atoms with Crippen molar-refractivity contribution in [1.82, 2.24) is 0 Å². The number of nitrogens with zero attached hydrogens (tertiary/aromatic N) is 1. The van der Waals surface area contributed by atoms with Gasteiger partial charge in [0, 0.05) is 6.42 Å². The quantitative estimate of drug-likeness (QED) is 0.373. The van der Waals surface area contributed by atoms with Crippen molar-refractivity contribution in [3.63, 3.8) is 0 Å². The predicted octanol–water partition coefficient (Wildman–Crippen LogP) is 0.905. The highest BCUT2D eigenvalue weighted by molar-refractivity contribution is 5.69. The van der Waals surface area contributed by atoms with Crippen LogP contribution in [0.4, 0.5) is 0 Å². The van der Waals surface area contributed by atoms with E-state index in [0.717, 1.165) is 0 Å². The molecule has 0 aliphatic carbocycles. The number of ether oxygens (including phenoxy) is 1. The van der Waals surface area contributed by atoms with Gasteiger partial charge in [0.15, 0.2) is 0 Å². The molecule has 0 heterocycles. The monoisotopic (exact) mass is 155 g/mol. The van der Waals surface area contributed by atoms with Gasteiger partial charge in [-0.25, -0.2) is 0 Å². The maximum atomic E-state index is 10.5. The van der Waals surface area contributed by atoms with Crippen LogP contribution in [0, 0.1) is 11.3 Å². The summed E-state index contributed by atoms with van der Waals surface area (Å²) in [5.74, 6) is -0.389. The molecule has 0 atom stereocenters. The maximum Gasteiger partial charge on any atom is 0.305 e. The van der Waals surface area contributed by atoms with Crippen LogP contribution < -0.4 is 0 Å². The van der Waals surface area contributed by atoms with Gasteiger partial charge in [-0.2, -0.15) is 5.26 Å². The summed E-state index contributed by atoms with van der Waals surface area (Å²) in [4.78, 5) is 10.5. The van der Waals surface area contributed by atoms with Gasteiger partial charge >= 0.3 is 5.97 Å². The van der Waals surface area contributed by atoms with Crippen molar-refractivity contribution in [3.8, 4) is 6.07 Å². The molecule has 0 aromatic carbocycles. The second-order valence-electron chi connectivity index (χ2n) is 1.78. The average Bonchev–Trinajstić information content (AvgIpc) is 2.06. The molecule has 0 unspecified atom stereocenters. The Hall–Kier alpha value is -1.50. The van der Waals surface area contributed by atoms with Gasteiger partial charge in [-0.3, -0.25) is 4.79 Å². The second-order valence-corrected chi connectivity index (χ2v) is 1.78. The van der Waals surface area contributed by atoms with E-state index in [1.807, 2.05) is 0 Å². The van der Waals surface area contributed by atoms with Gasteiger partial charge < -0.3 is 9.84 Å². The molecule has 0 aliphatic heterocycles. The number of hydrogen-bond donors (Lipinski definition) is 1. The summed E-state index contributed by atoms with van der Waals surface area (Å²) < 4.78 is 4.55. The third kappa shape index (κ3) is 3.98. The van der Waals surface area contributed by atoms with Crippen molar-refractivity contribution in [2.45, 2.75) is 13.3 Å². The van der Waals surface area contributed by atoms with Gasteiger partial charge in [-0.15, -0.1) is 0 Å². The Balaban J connectivity index is 3.72. The number of nitriles is 1. The molecule has 0 saturated carbocycles. The Kier molecular flexibility index (Phi) is 4.58. The van der Waals surface area contributed by atoms with Gasteiger partial charge in [-0.1, -0.05) is 6.92 Å². The summed E-state index contributed by atoms with van der Waals surface area (Å²) in [6.07, 6.45) is 0.896. The van der Waals surface area contributed by atoms with Crippen LogP contribution in [0.3, 0.4) is 0 Å². The van der Waals surface area contributed by atoms with Crippen molar-refractivity contribution >= 4 is 5.97 Å². The number of aliphatic hydroxyl groups is 1. The Morgan fingerprint density at radius 3 is 2.82 bits per heavy atom. The lowest BCUT2D eigenvalue weighted by Crippen LogP contribution is -2.05. The molecule has 0 fully saturated rings. The molecule has 0 aliphatic rings. The highest BCUT2D eigenvalue weighted by atomic mass is 16.5. The highest BCUT2D eigenvalue weighted by Gasteiger charge is 2.00. The molecule has 4 heteroatoms. The van der Waals surface area contributed by atoms with E-state index in [9.17, 15) is 4.79 Å². The molecule has 0 spiro atoms. The number of esters is 1. The first kappa shape index (κ1) is 9.50. The summed E-state index contributed by atoms with van der Waals surface area (Å²) in [5, 5.41) is 16.6. The molecular weight excluding hydrogens is 146 g/mol. The molecule has 0 saturated heterocycles. The fourth-order valence-electron chi connectivity index (χ4n) is 0.359. The molecule has 0 aromatic heterocycles. The third-order valence-corrected chi connectivity index (χ3v) is 0.977. The Labute approximate surface area is 64.7 Å². The minimum Gasteiger partial charge on any atom is -0.514 e. The van der Waals surface area contributed by atoms with Crippen molar-refractivity contribution < 1.29 is 14.6 Å². The number of rotatable bonds is 3. The molecule has 4 nitrogen and oxygen atoms in total. The minimum absolute atomic E-state index is 0.0341. The van der Waals surface area contributed by atoms with Crippen LogP contribution in [0.5, 0.6) is 0 Å². The standard InChI is InChI=1S/C7H9NO3/c1-2-7(10)11-5-6(3-8)4-9/h4,9H,2,5H2,1H3/b6-4-. The molecule has 0 bridgehead atoms. The zero-order chi connectivity index (χ0) is 8.69. The summed E-state index contributed by atoms with van der Waals surface area (Å²) >= 11 is 0. The first-order valence-corrected chi connectivity index (χ1v) is 3.13. The first-order chi connectivity index (χ1) is 5.24. The smallest absolute Gasteiger partial charge is 0.305 e. The minimum atomic E-state index is -0.389. The topological polar surface area (TPSA) is 70.3 Å². The highest BCUT2D eigenvalue weighted by Crippen LogP contribution is 1.93. The van der Waals surface area contributed by atoms with Crippen LogP contribution in [-0.2, 0) is 9.53 Å². The lowest BCUT2D eigenvalue weighted by molar-refractivity contribution is -0.142. The first-order valence-electron chi connectivity index (χ1n) is 3.13. The fourth-order valence-corrected chi connectivity index (χ4v) is 0.359. The Morgan fingerprint density at radius 1 is 1.82 bits per heavy atom. The summed E-state index contributed by atoms with van der Waals surface area (Å²) in [5.41, 5.74) is 0.0341. The van der Waals surface area contributed by atoms with E-state index in [1.165, 1.54) is 0 Å². The lowest BCUT2D eigenvalue weighted by atomic mass is 10.3. The SMILES string of the molecule is CCC(=O)OC/C(C#N)=C\O. The number of aliphatic hydroxyl groups excluding tert-OH is 1. The molecule has 60 valence electrons. The van der Waals surface area contributed by atoms with Gasteiger partial charge in [-0.05, 0) is 0 Å². The largest absolute Gasteiger partial charge is 0.514 e. The third-order valence-electron chi connectivity index (χ3n) is 0.977. The number of hydrogen-bond acceptors (Lipinski definition) is 4. The van der Waals surface area contributed by atoms with Crippen molar-refractivity contribution in [1.29, 1.82) is 5.26 Å². The zero-order valence-corrected chi connectivity index (χ0v) is 6.20. The van der Waals surface area contributed by atoms with Crippen molar-refractivity contribution in [2.75, 3.05) is 6.61 Å². The summed E-state index contributed by atoms with van der Waals surface area (Å²) in [7, 11) is 0. The predicted molar refractivity (Wildman–Crippen MR) is 37.6 cm³/mol. The normalized spacial score (nSPS) is 10.4. The van der Waals surface area contributed by atoms with Crippen molar-refractivity contribution in [2.24, 2.45) is 0 Å². The van der Waals surface area contributed by atoms with E-state index >= 15 is 0 Å². The van der Waals surface area contributed by atoms with Crippen LogP contribution in [0.1, 0.15) is 13.3 Å². The van der Waals surface area contributed by atoms with Gasteiger partial charge in [0.2, 0.25) is 0 Å². The number of carbonyl (C=O) groups excluding carboxylic acids is 1. The van der Waals surface area contributed by atoms with E-state index in [2.05, 4.69) is 4.74 Å². The van der Waals surface area contributed by atoms with Crippen molar-refractivity contribution in [3.05, 3.63) is 11.8 Å². The van der Waals surface area contributed by atoms with Crippen LogP contribution >= 0.6 is 0 Å². The summed E-state index contributed by atoms with van der Waals surface area (Å²) in [6, 6.07) is 1.67. The van der Waals surface area contributed by atoms with Gasteiger partial charge in [0.25, 0.3) is 0 Å². The van der Waals surface area contributed by atoms with Gasteiger partial charge in [0.05, 0.1) is 6.26 Å². The van der Waals surface area contributed by atoms with E-state index in [0.29, 0.717) is 6.26 Å². The van der Waals surface area contributed by atoms with E-state index < -0.39 is 0 Å². The second kappa shape index (κ2) is 5.30. The Bertz CT molecular complexity index is 202. The Morgan fingerprint density at radius 2 is 2.45 bits per heavy atom. The molecule has 0 radical (unpaired) electrons. The molecule has 0 aromatic rings. The molecule has 1 N–H and O–H groups in total. The van der Waals surface area contributed by atoms with Gasteiger partial charge in [0.1, 0.15) is 18.2 Å². The van der Waals surface area contributed by atoms with Crippen LogP contribution in [0.2, 0.25) is 0 Å². The zero-order valence-electron chi connectivity index (χ0n) is 6.20. The maximum absolute atomic E-state index is 10.5. The average molecular weight is 155 g/mol.